The molecule has 0 saturated heterocycles. The van der Waals surface area contributed by atoms with E-state index in [4.69, 9.17) is 4.74 Å². The third-order valence-electron chi connectivity index (χ3n) is 3.75. The van der Waals surface area contributed by atoms with Crippen molar-refractivity contribution in [3.05, 3.63) is 0 Å². The molecule has 1 fully saturated rings. The fourth-order valence-electron chi connectivity index (χ4n) is 2.70. The molecular weight excluding hydrogens is 256 g/mol. The maximum atomic E-state index is 12.3. The molecule has 0 unspecified atom stereocenters. The number of carbonyl (C=O) groups excluding carboxylic acids is 2. The summed E-state index contributed by atoms with van der Waals surface area (Å²) in [4.78, 5) is 24.3. The van der Waals surface area contributed by atoms with Crippen LogP contribution in [-0.4, -0.2) is 37.1 Å². The molecule has 1 saturated carbocycles. The minimum atomic E-state index is -0.684. The first kappa shape index (κ1) is 17.0. The van der Waals surface area contributed by atoms with Gasteiger partial charge in [0.05, 0.1) is 0 Å². The second-order valence-electron chi connectivity index (χ2n) is 5.35. The highest BCUT2D eigenvalue weighted by Gasteiger charge is 2.40. The first-order chi connectivity index (χ1) is 9.64. The standard InChI is InChI=1S/C15H28N2O3/c1-3-16-14(19)15(10-6-5-7-11-15)17-13(18)9-8-12-20-4-2/h3-12H2,1-2H3,(H,16,19)(H,17,18). The molecule has 116 valence electrons. The van der Waals surface area contributed by atoms with Gasteiger partial charge in [0.2, 0.25) is 11.8 Å². The molecule has 0 aromatic heterocycles. The van der Waals surface area contributed by atoms with Gasteiger partial charge in [0.25, 0.3) is 0 Å². The van der Waals surface area contributed by atoms with Crippen LogP contribution in [0.25, 0.3) is 0 Å². The normalized spacial score (nSPS) is 17.5. The number of likely N-dealkylation sites (N-methyl/N-ethyl adjacent to an activating group) is 1. The predicted octanol–water partition coefficient (Wildman–Crippen LogP) is 1.76. The summed E-state index contributed by atoms with van der Waals surface area (Å²) in [6, 6.07) is 0. The van der Waals surface area contributed by atoms with Crippen molar-refractivity contribution in [3.8, 4) is 0 Å². The molecule has 0 spiro atoms. The van der Waals surface area contributed by atoms with Gasteiger partial charge in [0, 0.05) is 26.2 Å². The summed E-state index contributed by atoms with van der Waals surface area (Å²) in [6.45, 7) is 5.70. The van der Waals surface area contributed by atoms with E-state index in [9.17, 15) is 9.59 Å². The number of hydrogen-bond acceptors (Lipinski definition) is 3. The molecule has 0 bridgehead atoms. The number of hydrogen-bond donors (Lipinski definition) is 2. The molecule has 0 aliphatic heterocycles. The number of carbonyl (C=O) groups is 2. The lowest BCUT2D eigenvalue weighted by Crippen LogP contribution is -2.59. The zero-order valence-electron chi connectivity index (χ0n) is 12.8. The van der Waals surface area contributed by atoms with Crippen molar-refractivity contribution in [3.63, 3.8) is 0 Å². The van der Waals surface area contributed by atoms with Crippen molar-refractivity contribution in [1.29, 1.82) is 0 Å². The van der Waals surface area contributed by atoms with E-state index in [0.29, 0.717) is 32.6 Å². The molecule has 1 aliphatic carbocycles. The van der Waals surface area contributed by atoms with E-state index < -0.39 is 5.54 Å². The third-order valence-corrected chi connectivity index (χ3v) is 3.75. The predicted molar refractivity (Wildman–Crippen MR) is 78.4 cm³/mol. The lowest BCUT2D eigenvalue weighted by Gasteiger charge is -2.36. The molecule has 1 rings (SSSR count). The van der Waals surface area contributed by atoms with E-state index in [1.165, 1.54) is 0 Å². The maximum absolute atomic E-state index is 12.3. The van der Waals surface area contributed by atoms with Crippen LogP contribution in [-0.2, 0) is 14.3 Å². The molecule has 2 amide bonds. The van der Waals surface area contributed by atoms with Crippen LogP contribution in [0.5, 0.6) is 0 Å². The second kappa shape index (κ2) is 8.95. The Labute approximate surface area is 121 Å². The summed E-state index contributed by atoms with van der Waals surface area (Å²) < 4.78 is 5.23. The summed E-state index contributed by atoms with van der Waals surface area (Å²) in [7, 11) is 0. The average molecular weight is 284 g/mol. The first-order valence-electron chi connectivity index (χ1n) is 7.81. The van der Waals surface area contributed by atoms with E-state index in [-0.39, 0.29) is 11.8 Å². The molecule has 5 heteroatoms. The summed E-state index contributed by atoms with van der Waals surface area (Å²) in [6.07, 6.45) is 5.74. The van der Waals surface area contributed by atoms with Gasteiger partial charge in [0.15, 0.2) is 0 Å². The van der Waals surface area contributed by atoms with Crippen molar-refractivity contribution in [2.75, 3.05) is 19.8 Å². The average Bonchev–Trinajstić information content (AvgIpc) is 2.45. The Hall–Kier alpha value is -1.10. The molecule has 0 heterocycles. The Morgan fingerprint density at radius 3 is 2.45 bits per heavy atom. The molecule has 0 atom stereocenters. The molecule has 1 aliphatic rings. The van der Waals surface area contributed by atoms with Crippen molar-refractivity contribution in [2.24, 2.45) is 0 Å². The summed E-state index contributed by atoms with van der Waals surface area (Å²) >= 11 is 0. The highest BCUT2D eigenvalue weighted by molar-refractivity contribution is 5.91. The van der Waals surface area contributed by atoms with Gasteiger partial charge in [0.1, 0.15) is 5.54 Å². The number of rotatable bonds is 8. The molecule has 0 aromatic rings. The van der Waals surface area contributed by atoms with Gasteiger partial charge in [-0.1, -0.05) is 19.3 Å². The number of nitrogens with one attached hydrogen (secondary N) is 2. The van der Waals surface area contributed by atoms with Crippen LogP contribution in [0.3, 0.4) is 0 Å². The molecule has 20 heavy (non-hydrogen) atoms. The minimum absolute atomic E-state index is 0.0298. The second-order valence-corrected chi connectivity index (χ2v) is 5.35. The molecule has 0 aromatic carbocycles. The van der Waals surface area contributed by atoms with Crippen LogP contribution < -0.4 is 10.6 Å². The van der Waals surface area contributed by atoms with Crippen LogP contribution in [0.2, 0.25) is 0 Å². The molecule has 0 radical (unpaired) electrons. The van der Waals surface area contributed by atoms with E-state index >= 15 is 0 Å². The van der Waals surface area contributed by atoms with Crippen LogP contribution in [0, 0.1) is 0 Å². The Balaban J connectivity index is 2.51. The van der Waals surface area contributed by atoms with Gasteiger partial charge in [-0.3, -0.25) is 9.59 Å². The lowest BCUT2D eigenvalue weighted by molar-refractivity contribution is -0.135. The third kappa shape index (κ3) is 5.12. The van der Waals surface area contributed by atoms with E-state index in [1.807, 2.05) is 13.8 Å². The fraction of sp³-hybridized carbons (Fsp3) is 0.867. The fourth-order valence-corrected chi connectivity index (χ4v) is 2.70. The summed E-state index contributed by atoms with van der Waals surface area (Å²) in [5.74, 6) is -0.0734. The molecule has 2 N–H and O–H groups in total. The Kier molecular flexibility index (Phi) is 7.59. The van der Waals surface area contributed by atoms with Crippen molar-refractivity contribution >= 4 is 11.8 Å². The number of ether oxygens (including phenoxy) is 1. The van der Waals surface area contributed by atoms with Crippen LogP contribution in [0.1, 0.15) is 58.8 Å². The summed E-state index contributed by atoms with van der Waals surface area (Å²) in [5, 5.41) is 5.85. The Bertz CT molecular complexity index is 312. The Morgan fingerprint density at radius 1 is 1.15 bits per heavy atom. The SMILES string of the molecule is CCNC(=O)C1(NC(=O)CCCOCC)CCCCC1. The largest absolute Gasteiger partial charge is 0.382 e. The van der Waals surface area contributed by atoms with Crippen LogP contribution >= 0.6 is 0 Å². The first-order valence-corrected chi connectivity index (χ1v) is 7.81. The van der Waals surface area contributed by atoms with E-state index in [1.54, 1.807) is 0 Å². The van der Waals surface area contributed by atoms with Crippen molar-refractivity contribution in [1.82, 2.24) is 10.6 Å². The van der Waals surface area contributed by atoms with E-state index in [0.717, 1.165) is 32.1 Å². The number of amides is 2. The van der Waals surface area contributed by atoms with Gasteiger partial charge < -0.3 is 15.4 Å². The van der Waals surface area contributed by atoms with Crippen molar-refractivity contribution in [2.45, 2.75) is 64.3 Å². The molecular formula is C15H28N2O3. The van der Waals surface area contributed by atoms with Gasteiger partial charge in [-0.05, 0) is 33.1 Å². The van der Waals surface area contributed by atoms with Gasteiger partial charge >= 0.3 is 0 Å². The van der Waals surface area contributed by atoms with Crippen LogP contribution in [0.15, 0.2) is 0 Å². The zero-order chi connectivity index (χ0) is 14.8. The Morgan fingerprint density at radius 2 is 1.85 bits per heavy atom. The topological polar surface area (TPSA) is 67.4 Å². The highest BCUT2D eigenvalue weighted by atomic mass is 16.5. The zero-order valence-corrected chi connectivity index (χ0v) is 12.8. The quantitative estimate of drug-likeness (QED) is 0.667. The highest BCUT2D eigenvalue weighted by Crippen LogP contribution is 2.28. The lowest BCUT2D eigenvalue weighted by atomic mass is 9.80. The van der Waals surface area contributed by atoms with Gasteiger partial charge in [-0.25, -0.2) is 0 Å². The van der Waals surface area contributed by atoms with Crippen LogP contribution in [0.4, 0.5) is 0 Å². The van der Waals surface area contributed by atoms with E-state index in [2.05, 4.69) is 10.6 Å². The smallest absolute Gasteiger partial charge is 0.245 e. The van der Waals surface area contributed by atoms with Gasteiger partial charge in [-0.15, -0.1) is 0 Å². The monoisotopic (exact) mass is 284 g/mol. The minimum Gasteiger partial charge on any atom is -0.382 e. The molecule has 5 nitrogen and oxygen atoms in total. The summed E-state index contributed by atoms with van der Waals surface area (Å²) in [5.41, 5.74) is -0.684. The van der Waals surface area contributed by atoms with Crippen molar-refractivity contribution < 1.29 is 14.3 Å². The maximum Gasteiger partial charge on any atom is 0.245 e. The van der Waals surface area contributed by atoms with Gasteiger partial charge in [-0.2, -0.15) is 0 Å².